The Morgan fingerprint density at radius 2 is 1.89 bits per heavy atom. The molecule has 1 aromatic rings. The van der Waals surface area contributed by atoms with E-state index >= 15 is 0 Å². The fourth-order valence-electron chi connectivity index (χ4n) is 4.48. The van der Waals surface area contributed by atoms with Crippen LogP contribution in [0.4, 0.5) is 5.82 Å². The lowest BCUT2D eigenvalue weighted by Gasteiger charge is -2.41. The predicted octanol–water partition coefficient (Wildman–Crippen LogP) is 2.39. The molecule has 2 saturated carbocycles. The highest BCUT2D eigenvalue weighted by molar-refractivity contribution is 5.38. The third-order valence-corrected chi connectivity index (χ3v) is 5.46. The zero-order chi connectivity index (χ0) is 12.7. The van der Waals surface area contributed by atoms with Gasteiger partial charge in [0, 0.05) is 38.4 Å². The molecule has 19 heavy (non-hydrogen) atoms. The van der Waals surface area contributed by atoms with Crippen molar-refractivity contribution in [2.45, 2.75) is 31.7 Å². The van der Waals surface area contributed by atoms with Crippen LogP contribution in [0.15, 0.2) is 24.4 Å². The zero-order valence-corrected chi connectivity index (χ0v) is 11.5. The highest BCUT2D eigenvalue weighted by atomic mass is 15.3. The molecule has 2 aliphatic carbocycles. The van der Waals surface area contributed by atoms with E-state index in [4.69, 9.17) is 0 Å². The van der Waals surface area contributed by atoms with Crippen LogP contribution in [-0.4, -0.2) is 42.1 Å². The molecule has 0 radical (unpaired) electrons. The fourth-order valence-corrected chi connectivity index (χ4v) is 4.48. The van der Waals surface area contributed by atoms with Gasteiger partial charge in [0.15, 0.2) is 0 Å². The highest BCUT2D eigenvalue weighted by Gasteiger charge is 2.42. The molecule has 3 fully saturated rings. The number of aromatic nitrogens is 1. The summed E-state index contributed by atoms with van der Waals surface area (Å²) in [7, 11) is 0. The van der Waals surface area contributed by atoms with Crippen molar-refractivity contribution in [1.82, 2.24) is 9.88 Å². The quantitative estimate of drug-likeness (QED) is 0.811. The molecule has 1 aromatic heterocycles. The summed E-state index contributed by atoms with van der Waals surface area (Å²) in [4.78, 5) is 9.67. The normalized spacial score (nSPS) is 34.9. The van der Waals surface area contributed by atoms with E-state index in [0.29, 0.717) is 0 Å². The number of pyridine rings is 1. The van der Waals surface area contributed by atoms with Gasteiger partial charge in [0.05, 0.1) is 0 Å². The summed E-state index contributed by atoms with van der Waals surface area (Å²) >= 11 is 0. The second kappa shape index (κ2) is 4.78. The molecule has 2 bridgehead atoms. The minimum absolute atomic E-state index is 0.907. The maximum absolute atomic E-state index is 4.47. The van der Waals surface area contributed by atoms with Crippen molar-refractivity contribution < 1.29 is 0 Å². The fraction of sp³-hybridized carbons (Fsp3) is 0.688. The lowest BCUT2D eigenvalue weighted by molar-refractivity contribution is 0.134. The van der Waals surface area contributed by atoms with E-state index in [1.54, 1.807) is 0 Å². The largest absolute Gasteiger partial charge is 0.354 e. The van der Waals surface area contributed by atoms with E-state index in [-0.39, 0.29) is 0 Å². The zero-order valence-electron chi connectivity index (χ0n) is 11.5. The van der Waals surface area contributed by atoms with Crippen LogP contribution in [0.1, 0.15) is 25.7 Å². The van der Waals surface area contributed by atoms with E-state index in [2.05, 4.69) is 26.9 Å². The van der Waals surface area contributed by atoms with Gasteiger partial charge in [-0.2, -0.15) is 0 Å². The number of piperazine rings is 1. The van der Waals surface area contributed by atoms with Crippen molar-refractivity contribution >= 4 is 5.82 Å². The number of hydrogen-bond acceptors (Lipinski definition) is 3. The molecule has 102 valence electrons. The molecule has 0 amide bonds. The predicted molar refractivity (Wildman–Crippen MR) is 77.3 cm³/mol. The molecule has 3 aliphatic rings. The first-order chi connectivity index (χ1) is 9.40. The molecular formula is C16H23N3. The SMILES string of the molecule is c1ccc(N2CCN(C3CC4CCC3C4)CC2)nc1. The van der Waals surface area contributed by atoms with E-state index in [1.807, 2.05) is 12.3 Å². The second-order valence-electron chi connectivity index (χ2n) is 6.45. The maximum atomic E-state index is 4.47. The van der Waals surface area contributed by atoms with Gasteiger partial charge in [-0.25, -0.2) is 4.98 Å². The third kappa shape index (κ3) is 2.14. The van der Waals surface area contributed by atoms with E-state index in [9.17, 15) is 0 Å². The van der Waals surface area contributed by atoms with E-state index in [1.165, 1.54) is 38.8 Å². The topological polar surface area (TPSA) is 19.4 Å². The Kier molecular flexibility index (Phi) is 2.95. The van der Waals surface area contributed by atoms with Crippen LogP contribution in [0.5, 0.6) is 0 Å². The van der Waals surface area contributed by atoms with Crippen LogP contribution in [0.3, 0.4) is 0 Å². The molecule has 0 spiro atoms. The first kappa shape index (κ1) is 11.7. The standard InChI is InChI=1S/C16H23N3/c1-2-6-17-16(3-1)19-9-7-18(8-10-19)15-12-13-4-5-14(15)11-13/h1-3,6,13-15H,4-5,7-12H2. The Morgan fingerprint density at radius 1 is 1.00 bits per heavy atom. The number of fused-ring (bicyclic) bond motifs is 2. The van der Waals surface area contributed by atoms with E-state index in [0.717, 1.165) is 36.8 Å². The monoisotopic (exact) mass is 257 g/mol. The van der Waals surface area contributed by atoms with Crippen molar-refractivity contribution in [2.24, 2.45) is 11.8 Å². The Bertz CT molecular complexity index is 425. The van der Waals surface area contributed by atoms with Gasteiger partial charge in [0.2, 0.25) is 0 Å². The minimum atomic E-state index is 0.907. The lowest BCUT2D eigenvalue weighted by atomic mass is 9.93. The summed E-state index contributed by atoms with van der Waals surface area (Å²) < 4.78 is 0. The molecule has 4 rings (SSSR count). The molecule has 1 aliphatic heterocycles. The summed E-state index contributed by atoms with van der Waals surface area (Å²) in [6.45, 7) is 4.74. The molecule has 3 unspecified atom stereocenters. The van der Waals surface area contributed by atoms with Gasteiger partial charge in [-0.05, 0) is 43.2 Å². The Balaban J connectivity index is 1.38. The lowest BCUT2D eigenvalue weighted by Crippen LogP contribution is -2.52. The molecule has 3 heteroatoms. The van der Waals surface area contributed by atoms with Gasteiger partial charge >= 0.3 is 0 Å². The van der Waals surface area contributed by atoms with Crippen LogP contribution in [0, 0.1) is 11.8 Å². The van der Waals surface area contributed by atoms with Gasteiger partial charge < -0.3 is 4.90 Å². The van der Waals surface area contributed by atoms with Crippen LogP contribution < -0.4 is 4.90 Å². The smallest absolute Gasteiger partial charge is 0.128 e. The summed E-state index contributed by atoms with van der Waals surface area (Å²) in [5.74, 6) is 3.23. The first-order valence-corrected chi connectivity index (χ1v) is 7.80. The van der Waals surface area contributed by atoms with Crippen molar-refractivity contribution in [3.8, 4) is 0 Å². The van der Waals surface area contributed by atoms with Gasteiger partial charge in [-0.3, -0.25) is 4.90 Å². The summed E-state index contributed by atoms with van der Waals surface area (Å²) in [5.41, 5.74) is 0. The Labute approximate surface area is 115 Å². The van der Waals surface area contributed by atoms with Crippen molar-refractivity contribution in [2.75, 3.05) is 31.1 Å². The van der Waals surface area contributed by atoms with Gasteiger partial charge in [0.1, 0.15) is 5.82 Å². The van der Waals surface area contributed by atoms with Crippen molar-refractivity contribution in [1.29, 1.82) is 0 Å². The van der Waals surface area contributed by atoms with Crippen LogP contribution >= 0.6 is 0 Å². The average Bonchev–Trinajstić information content (AvgIpc) is 3.11. The number of hydrogen-bond donors (Lipinski definition) is 0. The van der Waals surface area contributed by atoms with Crippen molar-refractivity contribution in [3.63, 3.8) is 0 Å². The highest BCUT2D eigenvalue weighted by Crippen LogP contribution is 2.46. The van der Waals surface area contributed by atoms with Gasteiger partial charge in [0.25, 0.3) is 0 Å². The maximum Gasteiger partial charge on any atom is 0.128 e. The third-order valence-electron chi connectivity index (χ3n) is 5.46. The molecule has 3 nitrogen and oxygen atoms in total. The molecule has 2 heterocycles. The number of nitrogens with zero attached hydrogens (tertiary/aromatic N) is 3. The molecule has 0 aromatic carbocycles. The number of rotatable bonds is 2. The van der Waals surface area contributed by atoms with Crippen LogP contribution in [-0.2, 0) is 0 Å². The molecular weight excluding hydrogens is 234 g/mol. The summed E-state index contributed by atoms with van der Waals surface area (Å²) in [6, 6.07) is 7.12. The van der Waals surface area contributed by atoms with Crippen LogP contribution in [0.2, 0.25) is 0 Å². The molecule has 1 saturated heterocycles. The molecule has 0 N–H and O–H groups in total. The first-order valence-electron chi connectivity index (χ1n) is 7.80. The summed E-state index contributed by atoms with van der Waals surface area (Å²) in [6.07, 6.45) is 7.90. The van der Waals surface area contributed by atoms with Gasteiger partial charge in [-0.1, -0.05) is 12.5 Å². The summed E-state index contributed by atoms with van der Waals surface area (Å²) in [5, 5.41) is 0. The minimum Gasteiger partial charge on any atom is -0.354 e. The van der Waals surface area contributed by atoms with E-state index < -0.39 is 0 Å². The number of anilines is 1. The Morgan fingerprint density at radius 3 is 2.53 bits per heavy atom. The Hall–Kier alpha value is -1.09. The van der Waals surface area contributed by atoms with Gasteiger partial charge in [-0.15, -0.1) is 0 Å². The second-order valence-corrected chi connectivity index (χ2v) is 6.45. The molecule has 3 atom stereocenters. The average molecular weight is 257 g/mol. The van der Waals surface area contributed by atoms with Crippen LogP contribution in [0.25, 0.3) is 0 Å². The van der Waals surface area contributed by atoms with Crippen molar-refractivity contribution in [3.05, 3.63) is 24.4 Å².